The molecule has 0 aliphatic rings. The van der Waals surface area contributed by atoms with Crippen LogP contribution in [0.4, 0.5) is 0 Å². The van der Waals surface area contributed by atoms with Crippen LogP contribution in [0.15, 0.2) is 80.8 Å². The highest BCUT2D eigenvalue weighted by Gasteiger charge is 2.06. The Bertz CT molecular complexity index is 1010. The van der Waals surface area contributed by atoms with Gasteiger partial charge in [-0.3, -0.25) is 4.79 Å². The van der Waals surface area contributed by atoms with Crippen molar-refractivity contribution in [1.29, 1.82) is 0 Å². The van der Waals surface area contributed by atoms with Crippen molar-refractivity contribution in [1.82, 2.24) is 5.43 Å². The molecule has 0 aliphatic carbocycles. The van der Waals surface area contributed by atoms with Gasteiger partial charge in [0.2, 0.25) is 0 Å². The second-order valence-corrected chi connectivity index (χ2v) is 8.07. The fourth-order valence-electron chi connectivity index (χ4n) is 2.35. The number of ether oxygens (including phenoxy) is 1. The van der Waals surface area contributed by atoms with E-state index < -0.39 is 0 Å². The maximum Gasteiger partial charge on any atom is 0.271 e. The molecule has 0 unspecified atom stereocenters. The fraction of sp³-hybridized carbons (Fsp3) is 0.0476. The molecule has 0 saturated heterocycles. The number of nitrogens with zero attached hydrogens (tertiary/aromatic N) is 1. The van der Waals surface area contributed by atoms with Crippen molar-refractivity contribution in [3.05, 3.63) is 97.4 Å². The van der Waals surface area contributed by atoms with Crippen LogP contribution in [-0.4, -0.2) is 12.1 Å². The molecule has 0 saturated carbocycles. The number of nitrogens with one attached hydrogen (secondary N) is 1. The van der Waals surface area contributed by atoms with E-state index in [2.05, 4.69) is 42.4 Å². The highest BCUT2D eigenvalue weighted by Crippen LogP contribution is 2.23. The predicted molar refractivity (Wildman–Crippen MR) is 119 cm³/mol. The maximum atomic E-state index is 12.2. The van der Waals surface area contributed by atoms with E-state index in [1.54, 1.807) is 24.4 Å². The molecule has 7 heteroatoms. The normalized spacial score (nSPS) is 10.8. The van der Waals surface area contributed by atoms with E-state index in [-0.39, 0.29) is 5.91 Å². The van der Waals surface area contributed by atoms with Crippen LogP contribution in [0, 0.1) is 0 Å². The molecule has 0 fully saturated rings. The van der Waals surface area contributed by atoms with Gasteiger partial charge in [-0.05, 0) is 54.1 Å². The number of carbonyl (C=O) groups excluding carboxylic acids is 1. The average Bonchev–Trinajstić information content (AvgIpc) is 2.68. The SMILES string of the molecule is O=C(N/N=C\c1cc(Br)ccc1OCc1ccc(Cl)cc1)c1cccc(Br)c1. The van der Waals surface area contributed by atoms with Crippen LogP contribution in [0.3, 0.4) is 0 Å². The van der Waals surface area contributed by atoms with Crippen molar-refractivity contribution in [3.8, 4) is 5.75 Å². The molecule has 3 rings (SSSR count). The molecule has 4 nitrogen and oxygen atoms in total. The number of amides is 1. The standard InChI is InChI=1S/C21H15Br2ClN2O2/c22-17-3-1-2-15(10-17)21(27)26-25-12-16-11-18(23)6-9-20(16)28-13-14-4-7-19(24)8-5-14/h1-12H,13H2,(H,26,27)/b25-12-. The summed E-state index contributed by atoms with van der Waals surface area (Å²) < 4.78 is 7.61. The smallest absolute Gasteiger partial charge is 0.271 e. The zero-order valence-electron chi connectivity index (χ0n) is 14.5. The van der Waals surface area contributed by atoms with E-state index >= 15 is 0 Å². The van der Waals surface area contributed by atoms with E-state index in [0.717, 1.165) is 20.1 Å². The quantitative estimate of drug-likeness (QED) is 0.309. The minimum atomic E-state index is -0.295. The third kappa shape index (κ3) is 5.92. The summed E-state index contributed by atoms with van der Waals surface area (Å²) in [4.78, 5) is 12.2. The van der Waals surface area contributed by atoms with Crippen LogP contribution in [0.25, 0.3) is 0 Å². The summed E-state index contributed by atoms with van der Waals surface area (Å²) in [6.07, 6.45) is 1.55. The van der Waals surface area contributed by atoms with Crippen LogP contribution in [0.5, 0.6) is 5.75 Å². The summed E-state index contributed by atoms with van der Waals surface area (Å²) >= 11 is 12.7. The molecule has 0 radical (unpaired) electrons. The zero-order chi connectivity index (χ0) is 19.9. The lowest BCUT2D eigenvalue weighted by Crippen LogP contribution is -2.17. The van der Waals surface area contributed by atoms with Crippen molar-refractivity contribution in [2.24, 2.45) is 5.10 Å². The predicted octanol–water partition coefficient (Wildman–Crippen LogP) is 6.21. The minimum Gasteiger partial charge on any atom is -0.488 e. The number of benzene rings is 3. The second-order valence-electron chi connectivity index (χ2n) is 5.81. The van der Waals surface area contributed by atoms with Gasteiger partial charge in [0.05, 0.1) is 6.21 Å². The molecule has 0 heterocycles. The van der Waals surface area contributed by atoms with Crippen LogP contribution in [0.1, 0.15) is 21.5 Å². The van der Waals surface area contributed by atoms with Crippen molar-refractivity contribution in [2.45, 2.75) is 6.61 Å². The highest BCUT2D eigenvalue weighted by molar-refractivity contribution is 9.10. The number of hydrogen-bond donors (Lipinski definition) is 1. The molecular weight excluding hydrogens is 508 g/mol. The summed E-state index contributed by atoms with van der Waals surface area (Å²) in [5.41, 5.74) is 4.77. The van der Waals surface area contributed by atoms with Gasteiger partial charge in [0.25, 0.3) is 5.91 Å². The van der Waals surface area contributed by atoms with Gasteiger partial charge in [-0.25, -0.2) is 5.43 Å². The minimum absolute atomic E-state index is 0.295. The molecule has 1 N–H and O–H groups in total. The van der Waals surface area contributed by atoms with Gasteiger partial charge in [0.1, 0.15) is 12.4 Å². The summed E-state index contributed by atoms with van der Waals surface area (Å²) in [6.45, 7) is 0.393. The molecule has 0 aliphatic heterocycles. The van der Waals surface area contributed by atoms with Gasteiger partial charge in [0.15, 0.2) is 0 Å². The van der Waals surface area contributed by atoms with Crippen molar-refractivity contribution in [2.75, 3.05) is 0 Å². The van der Waals surface area contributed by atoms with E-state index in [1.807, 2.05) is 48.5 Å². The lowest BCUT2D eigenvalue weighted by atomic mass is 10.2. The Morgan fingerprint density at radius 2 is 1.79 bits per heavy atom. The first-order valence-corrected chi connectivity index (χ1v) is 10.2. The molecule has 0 atom stereocenters. The zero-order valence-corrected chi connectivity index (χ0v) is 18.5. The fourth-order valence-corrected chi connectivity index (χ4v) is 3.25. The Morgan fingerprint density at radius 1 is 1.04 bits per heavy atom. The summed E-state index contributed by atoms with van der Waals surface area (Å²) in [5.74, 6) is 0.356. The van der Waals surface area contributed by atoms with E-state index in [4.69, 9.17) is 16.3 Å². The Hall–Kier alpha value is -2.15. The molecule has 28 heavy (non-hydrogen) atoms. The second kappa shape index (κ2) is 9.87. The highest BCUT2D eigenvalue weighted by atomic mass is 79.9. The third-order valence-corrected chi connectivity index (χ3v) is 4.97. The first-order chi connectivity index (χ1) is 13.5. The largest absolute Gasteiger partial charge is 0.488 e. The topological polar surface area (TPSA) is 50.7 Å². The van der Waals surface area contributed by atoms with Crippen LogP contribution in [0.2, 0.25) is 5.02 Å². The van der Waals surface area contributed by atoms with Gasteiger partial charge in [-0.15, -0.1) is 0 Å². The van der Waals surface area contributed by atoms with Gasteiger partial charge in [-0.1, -0.05) is 61.7 Å². The van der Waals surface area contributed by atoms with Crippen molar-refractivity contribution in [3.63, 3.8) is 0 Å². The molecule has 3 aromatic carbocycles. The number of rotatable bonds is 6. The Kier molecular flexibility index (Phi) is 7.25. The van der Waals surface area contributed by atoms with Gasteiger partial charge >= 0.3 is 0 Å². The van der Waals surface area contributed by atoms with Crippen molar-refractivity contribution < 1.29 is 9.53 Å². The molecule has 0 bridgehead atoms. The van der Waals surface area contributed by atoms with Crippen LogP contribution in [-0.2, 0) is 6.61 Å². The van der Waals surface area contributed by atoms with Crippen LogP contribution < -0.4 is 10.2 Å². The van der Waals surface area contributed by atoms with Crippen LogP contribution >= 0.6 is 43.5 Å². The first-order valence-electron chi connectivity index (χ1n) is 8.27. The first kappa shape index (κ1) is 20.6. The van der Waals surface area contributed by atoms with E-state index in [9.17, 15) is 4.79 Å². The van der Waals surface area contributed by atoms with E-state index in [0.29, 0.717) is 22.9 Å². The van der Waals surface area contributed by atoms with Gasteiger partial charge < -0.3 is 4.74 Å². The molecule has 0 spiro atoms. The lowest BCUT2D eigenvalue weighted by molar-refractivity contribution is 0.0955. The Labute approximate surface area is 184 Å². The molecule has 3 aromatic rings. The average molecular weight is 523 g/mol. The number of carbonyl (C=O) groups is 1. The molecule has 142 valence electrons. The summed E-state index contributed by atoms with van der Waals surface area (Å²) in [7, 11) is 0. The number of halogens is 3. The number of hydrogen-bond acceptors (Lipinski definition) is 3. The monoisotopic (exact) mass is 520 g/mol. The molecular formula is C21H15Br2ClN2O2. The van der Waals surface area contributed by atoms with Gasteiger partial charge in [0, 0.05) is 25.1 Å². The summed E-state index contributed by atoms with van der Waals surface area (Å²) in [5, 5.41) is 4.74. The number of hydrazone groups is 1. The van der Waals surface area contributed by atoms with E-state index in [1.165, 1.54) is 0 Å². The third-order valence-electron chi connectivity index (χ3n) is 3.74. The molecule has 0 aromatic heterocycles. The molecule has 1 amide bonds. The lowest BCUT2D eigenvalue weighted by Gasteiger charge is -2.10. The maximum absolute atomic E-state index is 12.2. The van der Waals surface area contributed by atoms with Crippen molar-refractivity contribution >= 4 is 55.6 Å². The summed E-state index contributed by atoms with van der Waals surface area (Å²) in [6, 6.07) is 20.1. The Morgan fingerprint density at radius 3 is 2.54 bits per heavy atom. The Balaban J connectivity index is 1.68. The van der Waals surface area contributed by atoms with Gasteiger partial charge in [-0.2, -0.15) is 5.10 Å².